The summed E-state index contributed by atoms with van der Waals surface area (Å²) in [6.45, 7) is 13.2. The largest absolute Gasteiger partial charge is 0.386 e. The summed E-state index contributed by atoms with van der Waals surface area (Å²) in [5, 5.41) is 23.9. The molecule has 45 heavy (non-hydrogen) atoms. The predicted octanol–water partition coefficient (Wildman–Crippen LogP) is 3.42. The van der Waals surface area contributed by atoms with Crippen LogP contribution in [0.25, 0.3) is 0 Å². The van der Waals surface area contributed by atoms with Crippen LogP contribution in [-0.4, -0.2) is 97.3 Å². The molecule has 2 amide bonds. The second-order valence-corrected chi connectivity index (χ2v) is 12.7. The first-order valence-electron chi connectivity index (χ1n) is 15.7. The van der Waals surface area contributed by atoms with E-state index in [0.717, 1.165) is 49.5 Å². The minimum Gasteiger partial charge on any atom is -0.386 e. The maximum absolute atomic E-state index is 11.5. The summed E-state index contributed by atoms with van der Waals surface area (Å²) < 4.78 is 1.86. The third-order valence-corrected chi connectivity index (χ3v) is 8.29. The Labute approximate surface area is 272 Å². The van der Waals surface area contributed by atoms with Crippen molar-refractivity contribution in [3.8, 4) is 0 Å². The number of nitrogens with one attached hydrogen (secondary N) is 1. The Balaban J connectivity index is 0.000000187. The second-order valence-electron chi connectivity index (χ2n) is 12.2. The van der Waals surface area contributed by atoms with Crippen LogP contribution in [-0.2, 0) is 35.4 Å². The molecule has 3 N–H and O–H groups in total. The lowest BCUT2D eigenvalue weighted by molar-refractivity contribution is -0.148. The number of aromatic nitrogens is 3. The van der Waals surface area contributed by atoms with E-state index in [2.05, 4.69) is 33.5 Å². The van der Waals surface area contributed by atoms with Crippen molar-refractivity contribution in [1.29, 1.82) is 0 Å². The van der Waals surface area contributed by atoms with Gasteiger partial charge in [0.15, 0.2) is 0 Å². The van der Waals surface area contributed by atoms with Crippen LogP contribution in [0.15, 0.2) is 49.1 Å². The number of halogens is 1. The Morgan fingerprint density at radius 3 is 2.40 bits per heavy atom. The van der Waals surface area contributed by atoms with Crippen molar-refractivity contribution in [2.75, 3.05) is 39.3 Å². The molecule has 3 aromatic rings. The molecule has 11 heteroatoms. The first kappa shape index (κ1) is 36.2. The van der Waals surface area contributed by atoms with E-state index >= 15 is 0 Å². The van der Waals surface area contributed by atoms with Crippen LogP contribution in [0.4, 0.5) is 0 Å². The van der Waals surface area contributed by atoms with Crippen molar-refractivity contribution in [3.63, 3.8) is 0 Å². The van der Waals surface area contributed by atoms with Crippen molar-refractivity contribution >= 4 is 23.9 Å². The van der Waals surface area contributed by atoms with E-state index in [9.17, 15) is 19.8 Å². The van der Waals surface area contributed by atoms with Crippen molar-refractivity contribution in [2.24, 2.45) is 0 Å². The number of likely N-dealkylation sites (N-methyl/N-ethyl adjacent to an activating group) is 1. The van der Waals surface area contributed by atoms with Gasteiger partial charge in [-0.1, -0.05) is 30.7 Å². The van der Waals surface area contributed by atoms with Gasteiger partial charge in [-0.2, -0.15) is 0 Å². The van der Waals surface area contributed by atoms with Gasteiger partial charge in [-0.05, 0) is 81.8 Å². The zero-order valence-electron chi connectivity index (χ0n) is 27.3. The number of hydrogen-bond donors (Lipinski definition) is 3. The fourth-order valence-electron chi connectivity index (χ4n) is 5.34. The molecule has 3 heterocycles. The third-order valence-electron chi connectivity index (χ3n) is 8.05. The summed E-state index contributed by atoms with van der Waals surface area (Å²) in [7, 11) is 0. The monoisotopic (exact) mass is 640 g/mol. The van der Waals surface area contributed by atoms with Crippen molar-refractivity contribution < 1.29 is 19.8 Å². The quantitative estimate of drug-likeness (QED) is 0.323. The molecule has 1 aliphatic carbocycles. The summed E-state index contributed by atoms with van der Waals surface area (Å²) >= 11 is 6.03. The van der Waals surface area contributed by atoms with Gasteiger partial charge in [0.1, 0.15) is 5.60 Å². The van der Waals surface area contributed by atoms with Crippen LogP contribution in [0, 0.1) is 6.92 Å². The molecule has 0 saturated carbocycles. The Morgan fingerprint density at radius 2 is 1.80 bits per heavy atom. The number of amides is 2. The summed E-state index contributed by atoms with van der Waals surface area (Å²) in [5.74, 6) is -0.177. The molecule has 246 valence electrons. The van der Waals surface area contributed by atoms with Gasteiger partial charge in [0, 0.05) is 62.3 Å². The van der Waals surface area contributed by atoms with E-state index in [1.54, 1.807) is 16.1 Å². The molecule has 0 bridgehead atoms. The highest BCUT2D eigenvalue weighted by Crippen LogP contribution is 2.25. The summed E-state index contributed by atoms with van der Waals surface area (Å²) in [6.07, 6.45) is 9.90. The van der Waals surface area contributed by atoms with E-state index in [4.69, 9.17) is 11.6 Å². The molecule has 10 nitrogen and oxygen atoms in total. The van der Waals surface area contributed by atoms with Crippen molar-refractivity contribution in [3.05, 3.63) is 82.2 Å². The molecular weight excluding hydrogens is 592 g/mol. The van der Waals surface area contributed by atoms with Crippen molar-refractivity contribution in [1.82, 2.24) is 29.7 Å². The maximum Gasteiger partial charge on any atom is 0.254 e. The number of nitrogens with zero attached hydrogens (tertiary/aromatic N) is 5. The molecule has 1 unspecified atom stereocenters. The number of hydrogen-bond acceptors (Lipinski definition) is 7. The molecule has 1 fully saturated rings. The fourth-order valence-corrected chi connectivity index (χ4v) is 5.53. The zero-order chi connectivity index (χ0) is 33.0. The van der Waals surface area contributed by atoms with Crippen molar-refractivity contribution in [2.45, 2.75) is 78.0 Å². The minimum atomic E-state index is -1.22. The van der Waals surface area contributed by atoms with Crippen LogP contribution in [0.3, 0.4) is 0 Å². The molecule has 1 atom stereocenters. The summed E-state index contributed by atoms with van der Waals surface area (Å²) in [6, 6.07) is 10.4. The van der Waals surface area contributed by atoms with Crippen LogP contribution >= 0.6 is 11.6 Å². The van der Waals surface area contributed by atoms with Crippen LogP contribution in [0.2, 0.25) is 5.02 Å². The first-order chi connectivity index (χ1) is 21.4. The van der Waals surface area contributed by atoms with E-state index in [1.807, 2.05) is 49.9 Å². The standard InChI is InChI=1S/C14H12ClN.C12H21N3O2.C8H16N2O2/c15-13-6-5-12-9-14-10(2-1-7-16-14)3-4-11(12)8-13;1-4-12(17,7-14(5-2)10-16)8-15-6-11(3)13-9-15;1-8(2,12)7(11)10-5-3-9-4-6-10/h1-2,5-8H,3-4,9H2;6,9-10,17H,4-5,7-8H2,1-3H3;9,12H,3-6H2,1-2H3. The number of fused-ring (bicyclic) bond motifs is 2. The maximum atomic E-state index is 11.5. The second kappa shape index (κ2) is 16.8. The van der Waals surface area contributed by atoms with E-state index in [0.29, 0.717) is 39.1 Å². The normalized spacial score (nSPS) is 15.5. The number of aliphatic hydroxyl groups is 2. The lowest BCUT2D eigenvalue weighted by atomic mass is 10.00. The van der Waals surface area contributed by atoms with Gasteiger partial charge in [0.05, 0.1) is 30.7 Å². The number of rotatable bonds is 8. The van der Waals surface area contributed by atoms with Gasteiger partial charge in [0.2, 0.25) is 6.41 Å². The van der Waals surface area contributed by atoms with E-state index in [-0.39, 0.29) is 5.91 Å². The Morgan fingerprint density at radius 1 is 1.09 bits per heavy atom. The molecule has 0 spiro atoms. The van der Waals surface area contributed by atoms with Gasteiger partial charge in [-0.3, -0.25) is 14.6 Å². The highest BCUT2D eigenvalue weighted by Gasteiger charge is 2.30. The number of benzene rings is 1. The highest BCUT2D eigenvalue weighted by molar-refractivity contribution is 6.30. The number of imidazole rings is 1. The average molecular weight is 641 g/mol. The fraction of sp³-hybridized carbons (Fsp3) is 0.529. The number of carbonyl (C=O) groups is 2. The molecular formula is C34H49ClN6O4. The Bertz CT molecular complexity index is 1390. The van der Waals surface area contributed by atoms with Gasteiger partial charge < -0.3 is 29.9 Å². The van der Waals surface area contributed by atoms with Gasteiger partial charge in [-0.15, -0.1) is 0 Å². The SMILES string of the molecule is CC(C)(O)C(=O)N1CCNCC1.CCN(C=O)CC(O)(CC)Cn1cnc(C)c1.Clc1ccc2c(c1)CCc1cccnc1C2. The molecule has 0 radical (unpaired) electrons. The summed E-state index contributed by atoms with van der Waals surface area (Å²) in [5.41, 5.74) is 4.11. The van der Waals surface area contributed by atoms with E-state index in [1.165, 1.54) is 36.2 Å². The molecule has 5 rings (SSSR count). The number of pyridine rings is 1. The molecule has 1 aliphatic heterocycles. The first-order valence-corrected chi connectivity index (χ1v) is 16.1. The Kier molecular flexibility index (Phi) is 13.5. The Hall–Kier alpha value is -3.31. The third kappa shape index (κ3) is 11.2. The van der Waals surface area contributed by atoms with E-state index < -0.39 is 11.2 Å². The molecule has 2 aliphatic rings. The predicted molar refractivity (Wildman–Crippen MR) is 177 cm³/mol. The lowest BCUT2D eigenvalue weighted by Crippen LogP contribution is -2.52. The van der Waals surface area contributed by atoms with Crippen LogP contribution in [0.1, 0.15) is 62.2 Å². The molecule has 1 aromatic carbocycles. The highest BCUT2D eigenvalue weighted by atomic mass is 35.5. The van der Waals surface area contributed by atoms with Gasteiger partial charge >= 0.3 is 0 Å². The number of carbonyl (C=O) groups excluding carboxylic acids is 2. The number of aryl methyl sites for hydroxylation is 3. The molecule has 1 saturated heterocycles. The van der Waals surface area contributed by atoms with Gasteiger partial charge in [0.25, 0.3) is 5.91 Å². The zero-order valence-corrected chi connectivity index (χ0v) is 28.1. The van der Waals surface area contributed by atoms with Crippen LogP contribution in [0.5, 0.6) is 0 Å². The smallest absolute Gasteiger partial charge is 0.254 e. The summed E-state index contributed by atoms with van der Waals surface area (Å²) in [4.78, 5) is 34.1. The topological polar surface area (TPSA) is 124 Å². The minimum absolute atomic E-state index is 0.177. The van der Waals surface area contributed by atoms with Gasteiger partial charge in [-0.25, -0.2) is 4.98 Å². The van der Waals surface area contributed by atoms with Crippen LogP contribution < -0.4 is 5.32 Å². The number of piperazine rings is 1. The molecule has 2 aromatic heterocycles. The average Bonchev–Trinajstić information content (AvgIpc) is 3.34. The lowest BCUT2D eigenvalue weighted by Gasteiger charge is -2.31.